The van der Waals surface area contributed by atoms with Crippen molar-refractivity contribution < 1.29 is 24.5 Å². The lowest BCUT2D eigenvalue weighted by atomic mass is 9.96. The summed E-state index contributed by atoms with van der Waals surface area (Å²) in [4.78, 5) is 23.0. The highest BCUT2D eigenvalue weighted by Crippen LogP contribution is 2.36. The molecule has 0 saturated carbocycles. The van der Waals surface area contributed by atoms with Crippen molar-refractivity contribution in [3.05, 3.63) is 0 Å². The molecule has 0 radical (unpaired) electrons. The van der Waals surface area contributed by atoms with Crippen molar-refractivity contribution in [3.63, 3.8) is 0 Å². The second kappa shape index (κ2) is 3.93. The molecule has 0 aromatic heterocycles. The average molecular weight is 231 g/mol. The molecule has 6 nitrogen and oxygen atoms in total. The van der Waals surface area contributed by atoms with Crippen LogP contribution in [0.1, 0.15) is 33.6 Å². The molecule has 1 heterocycles. The first-order valence-electron chi connectivity index (χ1n) is 5.13. The standard InChI is InChI=1S/C10H17NO5/c1-9(2)10(3,15)11(8(14)16-9)6-4-5-7(12)13/h15H,4-6H2,1-3H3,(H,12,13). The van der Waals surface area contributed by atoms with Crippen LogP contribution in [0.3, 0.4) is 0 Å². The van der Waals surface area contributed by atoms with Gasteiger partial charge in [-0.3, -0.25) is 9.69 Å². The monoisotopic (exact) mass is 231 g/mol. The first-order valence-corrected chi connectivity index (χ1v) is 5.13. The zero-order valence-electron chi connectivity index (χ0n) is 9.69. The molecule has 0 aliphatic carbocycles. The van der Waals surface area contributed by atoms with Crippen LogP contribution in [0.5, 0.6) is 0 Å². The highest BCUT2D eigenvalue weighted by molar-refractivity contribution is 5.72. The number of hydrogen-bond acceptors (Lipinski definition) is 4. The van der Waals surface area contributed by atoms with Crippen LogP contribution < -0.4 is 0 Å². The van der Waals surface area contributed by atoms with E-state index in [1.807, 2.05) is 0 Å². The molecule has 0 aromatic carbocycles. The van der Waals surface area contributed by atoms with Gasteiger partial charge in [0.15, 0.2) is 11.3 Å². The van der Waals surface area contributed by atoms with E-state index >= 15 is 0 Å². The largest absolute Gasteiger partial charge is 0.481 e. The molecule has 1 aliphatic heterocycles. The predicted octanol–water partition coefficient (Wildman–Crippen LogP) is 0.790. The summed E-state index contributed by atoms with van der Waals surface area (Å²) in [5.74, 6) is -0.925. The van der Waals surface area contributed by atoms with Crippen molar-refractivity contribution in [2.24, 2.45) is 0 Å². The number of ether oxygens (including phenoxy) is 1. The first kappa shape index (κ1) is 12.8. The van der Waals surface area contributed by atoms with Gasteiger partial charge >= 0.3 is 12.1 Å². The molecule has 1 saturated heterocycles. The highest BCUT2D eigenvalue weighted by atomic mass is 16.6. The Labute approximate surface area is 93.8 Å². The van der Waals surface area contributed by atoms with Gasteiger partial charge in [0.1, 0.15) is 0 Å². The lowest BCUT2D eigenvalue weighted by Gasteiger charge is -2.34. The number of hydrogen-bond donors (Lipinski definition) is 2. The molecule has 6 heteroatoms. The van der Waals surface area contributed by atoms with Gasteiger partial charge in [-0.25, -0.2) is 4.79 Å². The number of amides is 1. The van der Waals surface area contributed by atoms with Gasteiger partial charge in [-0.2, -0.15) is 0 Å². The number of rotatable bonds is 4. The predicted molar refractivity (Wildman–Crippen MR) is 54.8 cm³/mol. The van der Waals surface area contributed by atoms with Crippen molar-refractivity contribution in [2.45, 2.75) is 44.9 Å². The van der Waals surface area contributed by atoms with Crippen LogP contribution in [0.25, 0.3) is 0 Å². The maximum absolute atomic E-state index is 11.5. The molecular weight excluding hydrogens is 214 g/mol. The normalized spacial score (nSPS) is 28.0. The molecule has 1 aliphatic rings. The van der Waals surface area contributed by atoms with Crippen LogP contribution in [0.15, 0.2) is 0 Å². The molecule has 16 heavy (non-hydrogen) atoms. The van der Waals surface area contributed by atoms with E-state index in [0.717, 1.165) is 4.90 Å². The topological polar surface area (TPSA) is 87.1 Å². The molecule has 1 rings (SSSR count). The van der Waals surface area contributed by atoms with E-state index in [2.05, 4.69) is 0 Å². The lowest BCUT2D eigenvalue weighted by Crippen LogP contribution is -2.53. The summed E-state index contributed by atoms with van der Waals surface area (Å²) >= 11 is 0. The summed E-state index contributed by atoms with van der Waals surface area (Å²) in [5, 5.41) is 18.6. The number of aliphatic hydroxyl groups is 1. The van der Waals surface area contributed by atoms with Crippen LogP contribution in [-0.4, -0.2) is 45.0 Å². The number of nitrogens with zero attached hydrogens (tertiary/aromatic N) is 1. The van der Waals surface area contributed by atoms with Gasteiger partial charge in [-0.15, -0.1) is 0 Å². The molecule has 1 amide bonds. The van der Waals surface area contributed by atoms with Crippen LogP contribution in [0.4, 0.5) is 4.79 Å². The Morgan fingerprint density at radius 3 is 2.38 bits per heavy atom. The smallest absolute Gasteiger partial charge is 0.412 e. The Bertz CT molecular complexity index is 310. The fraction of sp³-hybridized carbons (Fsp3) is 0.800. The summed E-state index contributed by atoms with van der Waals surface area (Å²) in [6, 6.07) is 0. The third-order valence-electron chi connectivity index (χ3n) is 3.00. The molecule has 2 N–H and O–H groups in total. The van der Waals surface area contributed by atoms with E-state index in [1.54, 1.807) is 13.8 Å². The fourth-order valence-corrected chi connectivity index (χ4v) is 1.57. The van der Waals surface area contributed by atoms with Gasteiger partial charge < -0.3 is 14.9 Å². The number of carbonyl (C=O) groups is 2. The van der Waals surface area contributed by atoms with Crippen LogP contribution in [0, 0.1) is 0 Å². The Balaban J connectivity index is 2.66. The van der Waals surface area contributed by atoms with Crippen molar-refractivity contribution >= 4 is 12.1 Å². The Hall–Kier alpha value is -1.30. The number of aliphatic carboxylic acids is 1. The average Bonchev–Trinajstić information content (AvgIpc) is 2.23. The summed E-state index contributed by atoms with van der Waals surface area (Å²) in [5.41, 5.74) is -2.41. The minimum absolute atomic E-state index is 0.0414. The van der Waals surface area contributed by atoms with Crippen molar-refractivity contribution in [1.82, 2.24) is 4.90 Å². The molecule has 1 fully saturated rings. The number of carbonyl (C=O) groups excluding carboxylic acids is 1. The Morgan fingerprint density at radius 2 is 2.00 bits per heavy atom. The van der Waals surface area contributed by atoms with Gasteiger partial charge in [0.05, 0.1) is 0 Å². The fourth-order valence-electron chi connectivity index (χ4n) is 1.57. The first-order chi connectivity index (χ1) is 7.18. The van der Waals surface area contributed by atoms with Crippen LogP contribution >= 0.6 is 0 Å². The maximum atomic E-state index is 11.5. The third kappa shape index (κ3) is 2.11. The SMILES string of the molecule is CC1(C)OC(=O)N(CCCC(=O)O)C1(C)O. The van der Waals surface area contributed by atoms with E-state index in [9.17, 15) is 14.7 Å². The summed E-state index contributed by atoms with van der Waals surface area (Å²) in [6.07, 6.45) is -0.364. The van der Waals surface area contributed by atoms with E-state index in [1.165, 1.54) is 6.92 Å². The van der Waals surface area contributed by atoms with E-state index < -0.39 is 23.4 Å². The second-order valence-corrected chi connectivity index (χ2v) is 4.55. The van der Waals surface area contributed by atoms with Crippen molar-refractivity contribution in [3.8, 4) is 0 Å². The van der Waals surface area contributed by atoms with Gasteiger partial charge in [-0.1, -0.05) is 0 Å². The molecular formula is C10H17NO5. The van der Waals surface area contributed by atoms with Crippen molar-refractivity contribution in [2.75, 3.05) is 6.54 Å². The van der Waals surface area contributed by atoms with E-state index in [4.69, 9.17) is 9.84 Å². The van der Waals surface area contributed by atoms with Gasteiger partial charge in [0.25, 0.3) is 0 Å². The molecule has 0 spiro atoms. The maximum Gasteiger partial charge on any atom is 0.412 e. The number of cyclic esters (lactones) is 1. The van der Waals surface area contributed by atoms with Crippen LogP contribution in [-0.2, 0) is 9.53 Å². The number of carboxylic acids is 1. The Morgan fingerprint density at radius 1 is 1.44 bits per heavy atom. The molecule has 0 aromatic rings. The molecule has 1 atom stereocenters. The van der Waals surface area contributed by atoms with E-state index in [0.29, 0.717) is 0 Å². The molecule has 1 unspecified atom stereocenters. The zero-order valence-corrected chi connectivity index (χ0v) is 9.69. The Kier molecular flexibility index (Phi) is 3.14. The van der Waals surface area contributed by atoms with Gasteiger partial charge in [0, 0.05) is 13.0 Å². The summed E-state index contributed by atoms with van der Waals surface area (Å²) in [6.45, 7) is 4.88. The molecule has 92 valence electrons. The summed E-state index contributed by atoms with van der Waals surface area (Å²) < 4.78 is 5.02. The second-order valence-electron chi connectivity index (χ2n) is 4.55. The minimum Gasteiger partial charge on any atom is -0.481 e. The third-order valence-corrected chi connectivity index (χ3v) is 3.00. The van der Waals surface area contributed by atoms with Crippen molar-refractivity contribution in [1.29, 1.82) is 0 Å². The van der Waals surface area contributed by atoms with Crippen LogP contribution in [0.2, 0.25) is 0 Å². The molecule has 0 bridgehead atoms. The van der Waals surface area contributed by atoms with E-state index in [-0.39, 0.29) is 19.4 Å². The highest BCUT2D eigenvalue weighted by Gasteiger charge is 2.56. The quantitative estimate of drug-likeness (QED) is 0.747. The van der Waals surface area contributed by atoms with Gasteiger partial charge in [0.2, 0.25) is 0 Å². The zero-order chi connectivity index (χ0) is 12.6. The lowest BCUT2D eigenvalue weighted by molar-refractivity contribution is -0.138. The van der Waals surface area contributed by atoms with Gasteiger partial charge in [-0.05, 0) is 27.2 Å². The number of carboxylic acid groups (broad SMARTS) is 1. The summed E-state index contributed by atoms with van der Waals surface area (Å²) in [7, 11) is 0. The minimum atomic E-state index is -1.41.